The standard InChI is InChI=1S/C25H31N3O2/c29-25(28-10-1-2-11-28)22-6-3-20(4-7-22)18-26-12-14-27(15-13-26)19-21-5-8-24-23(17-21)9-16-30-24/h3-8,17H,1-2,9-16,18-19H2. The van der Waals surface area contributed by atoms with Gasteiger partial charge in [-0.25, -0.2) is 0 Å². The van der Waals surface area contributed by atoms with Crippen molar-refractivity contribution in [3.63, 3.8) is 0 Å². The molecule has 1 amide bonds. The second-order valence-corrected chi connectivity index (χ2v) is 8.79. The Bertz CT molecular complexity index is 882. The van der Waals surface area contributed by atoms with Crippen molar-refractivity contribution >= 4 is 5.91 Å². The van der Waals surface area contributed by atoms with Crippen molar-refractivity contribution in [2.45, 2.75) is 32.4 Å². The van der Waals surface area contributed by atoms with E-state index in [1.165, 1.54) is 16.7 Å². The van der Waals surface area contributed by atoms with Crippen molar-refractivity contribution in [3.8, 4) is 5.75 Å². The number of rotatable bonds is 5. The largest absolute Gasteiger partial charge is 0.493 e. The van der Waals surface area contributed by atoms with E-state index < -0.39 is 0 Å². The van der Waals surface area contributed by atoms with E-state index in [2.05, 4.69) is 40.1 Å². The van der Waals surface area contributed by atoms with Crippen LogP contribution in [0.4, 0.5) is 0 Å². The Balaban J connectivity index is 1.10. The number of likely N-dealkylation sites (tertiary alicyclic amines) is 1. The molecule has 30 heavy (non-hydrogen) atoms. The lowest BCUT2D eigenvalue weighted by atomic mass is 10.1. The van der Waals surface area contributed by atoms with Crippen molar-refractivity contribution in [3.05, 3.63) is 64.7 Å². The fraction of sp³-hybridized carbons (Fsp3) is 0.480. The van der Waals surface area contributed by atoms with E-state index in [1.807, 2.05) is 17.0 Å². The third-order valence-electron chi connectivity index (χ3n) is 6.63. The van der Waals surface area contributed by atoms with Crippen LogP contribution in [0.1, 0.15) is 39.9 Å². The zero-order chi connectivity index (χ0) is 20.3. The summed E-state index contributed by atoms with van der Waals surface area (Å²) in [5.74, 6) is 1.25. The van der Waals surface area contributed by atoms with Gasteiger partial charge >= 0.3 is 0 Å². The van der Waals surface area contributed by atoms with Gasteiger partial charge in [0.1, 0.15) is 5.75 Å². The Morgan fingerprint density at radius 2 is 1.43 bits per heavy atom. The molecule has 3 aliphatic heterocycles. The second-order valence-electron chi connectivity index (χ2n) is 8.79. The Labute approximate surface area is 179 Å². The summed E-state index contributed by atoms with van der Waals surface area (Å²) < 4.78 is 5.62. The molecule has 0 aliphatic carbocycles. The van der Waals surface area contributed by atoms with E-state index in [9.17, 15) is 4.79 Å². The molecule has 0 unspecified atom stereocenters. The summed E-state index contributed by atoms with van der Waals surface area (Å²) in [4.78, 5) is 19.5. The quantitative estimate of drug-likeness (QED) is 0.766. The molecule has 3 heterocycles. The molecular formula is C25H31N3O2. The number of ether oxygens (including phenoxy) is 1. The van der Waals surface area contributed by atoms with Gasteiger partial charge in [0.25, 0.3) is 5.91 Å². The third-order valence-corrected chi connectivity index (χ3v) is 6.63. The van der Waals surface area contributed by atoms with Gasteiger partial charge in [0.2, 0.25) is 0 Å². The molecule has 2 aromatic rings. The van der Waals surface area contributed by atoms with Crippen molar-refractivity contribution < 1.29 is 9.53 Å². The lowest BCUT2D eigenvalue weighted by Gasteiger charge is -2.34. The van der Waals surface area contributed by atoms with Crippen molar-refractivity contribution in [2.75, 3.05) is 45.9 Å². The smallest absolute Gasteiger partial charge is 0.253 e. The number of fused-ring (bicyclic) bond motifs is 1. The van der Waals surface area contributed by atoms with Crippen molar-refractivity contribution in [2.24, 2.45) is 0 Å². The highest BCUT2D eigenvalue weighted by atomic mass is 16.5. The van der Waals surface area contributed by atoms with Crippen LogP contribution < -0.4 is 4.74 Å². The molecule has 3 aliphatic rings. The van der Waals surface area contributed by atoms with Crippen LogP contribution in [-0.2, 0) is 19.5 Å². The highest BCUT2D eigenvalue weighted by Gasteiger charge is 2.21. The summed E-state index contributed by atoms with van der Waals surface area (Å²) in [6, 6.07) is 14.9. The topological polar surface area (TPSA) is 36.0 Å². The van der Waals surface area contributed by atoms with E-state index >= 15 is 0 Å². The van der Waals surface area contributed by atoms with E-state index in [0.717, 1.165) is 89.5 Å². The minimum atomic E-state index is 0.186. The van der Waals surface area contributed by atoms with Gasteiger partial charge < -0.3 is 9.64 Å². The molecular weight excluding hydrogens is 374 g/mol. The Morgan fingerprint density at radius 3 is 2.13 bits per heavy atom. The molecule has 0 saturated carbocycles. The molecule has 5 rings (SSSR count). The molecule has 5 nitrogen and oxygen atoms in total. The first-order valence-electron chi connectivity index (χ1n) is 11.3. The minimum absolute atomic E-state index is 0.186. The van der Waals surface area contributed by atoms with Crippen LogP contribution in [0.25, 0.3) is 0 Å². The highest BCUT2D eigenvalue weighted by molar-refractivity contribution is 5.94. The van der Waals surface area contributed by atoms with E-state index in [0.29, 0.717) is 0 Å². The molecule has 0 atom stereocenters. The van der Waals surface area contributed by atoms with E-state index in [1.54, 1.807) is 0 Å². The Kier molecular flexibility index (Phi) is 5.73. The Hall–Kier alpha value is -2.37. The van der Waals surface area contributed by atoms with Crippen LogP contribution in [0, 0.1) is 0 Å². The number of benzene rings is 2. The summed E-state index contributed by atoms with van der Waals surface area (Å²) in [6.07, 6.45) is 3.31. The molecule has 2 fully saturated rings. The van der Waals surface area contributed by atoms with Crippen LogP contribution >= 0.6 is 0 Å². The van der Waals surface area contributed by atoms with Crippen LogP contribution in [0.3, 0.4) is 0 Å². The SMILES string of the molecule is O=C(c1ccc(CN2CCN(Cc3ccc4c(c3)CCO4)CC2)cc1)N1CCCC1. The lowest BCUT2D eigenvalue weighted by Crippen LogP contribution is -2.45. The molecule has 0 bridgehead atoms. The van der Waals surface area contributed by atoms with E-state index in [-0.39, 0.29) is 5.91 Å². The molecule has 0 spiro atoms. The molecule has 2 saturated heterocycles. The van der Waals surface area contributed by atoms with Gasteiger partial charge in [-0.1, -0.05) is 24.3 Å². The lowest BCUT2D eigenvalue weighted by molar-refractivity contribution is 0.0792. The van der Waals surface area contributed by atoms with Gasteiger partial charge in [0.15, 0.2) is 0 Å². The maximum atomic E-state index is 12.5. The highest BCUT2D eigenvalue weighted by Crippen LogP contribution is 2.26. The molecule has 0 aromatic heterocycles. The predicted octanol–water partition coefficient (Wildman–Crippen LogP) is 3.18. The van der Waals surface area contributed by atoms with Gasteiger partial charge in [-0.15, -0.1) is 0 Å². The number of amides is 1. The molecule has 2 aromatic carbocycles. The van der Waals surface area contributed by atoms with Gasteiger partial charge in [-0.3, -0.25) is 14.6 Å². The van der Waals surface area contributed by atoms with Crippen LogP contribution in [0.15, 0.2) is 42.5 Å². The summed E-state index contributed by atoms with van der Waals surface area (Å²) in [5, 5.41) is 0. The van der Waals surface area contributed by atoms with Gasteiger partial charge in [-0.2, -0.15) is 0 Å². The van der Waals surface area contributed by atoms with Crippen LogP contribution in [0.2, 0.25) is 0 Å². The maximum absolute atomic E-state index is 12.5. The molecule has 0 N–H and O–H groups in total. The predicted molar refractivity (Wildman–Crippen MR) is 118 cm³/mol. The summed E-state index contributed by atoms with van der Waals surface area (Å²) in [7, 11) is 0. The van der Waals surface area contributed by atoms with Gasteiger partial charge in [0, 0.05) is 64.3 Å². The first kappa shape index (κ1) is 19.6. The van der Waals surface area contributed by atoms with Crippen molar-refractivity contribution in [1.29, 1.82) is 0 Å². The fourth-order valence-corrected chi connectivity index (χ4v) is 4.82. The number of carbonyl (C=O) groups excluding carboxylic acids is 1. The van der Waals surface area contributed by atoms with Crippen molar-refractivity contribution in [1.82, 2.24) is 14.7 Å². The normalized spacial score (nSPS) is 19.7. The van der Waals surface area contributed by atoms with Gasteiger partial charge in [-0.05, 0) is 47.7 Å². The average molecular weight is 406 g/mol. The number of hydrogen-bond donors (Lipinski definition) is 0. The third kappa shape index (κ3) is 4.37. The average Bonchev–Trinajstić information content (AvgIpc) is 3.47. The summed E-state index contributed by atoms with van der Waals surface area (Å²) >= 11 is 0. The van der Waals surface area contributed by atoms with Crippen LogP contribution in [-0.4, -0.2) is 66.5 Å². The number of hydrogen-bond acceptors (Lipinski definition) is 4. The monoisotopic (exact) mass is 405 g/mol. The zero-order valence-electron chi connectivity index (χ0n) is 17.7. The van der Waals surface area contributed by atoms with Crippen LogP contribution in [0.5, 0.6) is 5.75 Å². The fourth-order valence-electron chi connectivity index (χ4n) is 4.82. The number of piperazine rings is 1. The summed E-state index contributed by atoms with van der Waals surface area (Å²) in [6.45, 7) is 8.99. The first-order chi connectivity index (χ1) is 14.7. The van der Waals surface area contributed by atoms with E-state index in [4.69, 9.17) is 4.74 Å². The number of nitrogens with zero attached hydrogens (tertiary/aromatic N) is 3. The number of carbonyl (C=O) groups is 1. The molecule has 5 heteroatoms. The van der Waals surface area contributed by atoms with Gasteiger partial charge in [0.05, 0.1) is 6.61 Å². The second kappa shape index (κ2) is 8.78. The Morgan fingerprint density at radius 1 is 0.800 bits per heavy atom. The summed E-state index contributed by atoms with van der Waals surface area (Å²) in [5.41, 5.74) is 4.87. The first-order valence-corrected chi connectivity index (χ1v) is 11.3. The zero-order valence-corrected chi connectivity index (χ0v) is 17.7. The molecule has 158 valence electrons. The maximum Gasteiger partial charge on any atom is 0.253 e. The minimum Gasteiger partial charge on any atom is -0.493 e. The molecule has 0 radical (unpaired) electrons.